The van der Waals surface area contributed by atoms with Crippen molar-refractivity contribution in [1.82, 2.24) is 10.3 Å². The van der Waals surface area contributed by atoms with E-state index in [1.54, 1.807) is 18.2 Å². The number of rotatable bonds is 8. The number of para-hydroxylation sites is 1. The molecule has 2 atom stereocenters. The summed E-state index contributed by atoms with van der Waals surface area (Å²) in [6, 6.07) is 14.5. The van der Waals surface area contributed by atoms with E-state index in [9.17, 15) is 24.5 Å². The first-order chi connectivity index (χ1) is 15.8. The zero-order valence-corrected chi connectivity index (χ0v) is 17.9. The molecule has 0 aliphatic heterocycles. The number of benzene rings is 2. The topological polar surface area (TPSA) is 138 Å². The average Bonchev–Trinajstić information content (AvgIpc) is 2.85. The standard InChI is InChI=1S/C23H21N3O7/c1-32-20(27)13-17(14-7-10-16(11-8-14)26(30)31)21(23(29)33-2)25-22(28)19-12-9-15-5-3-4-6-18(15)24-19/h3-12,17,21H,13H2,1-2H3,(H,25,28)/t17-,21+/m0/s1. The maximum Gasteiger partial charge on any atom is 0.329 e. The normalized spacial score (nSPS) is 12.4. The lowest BCUT2D eigenvalue weighted by atomic mass is 9.88. The zero-order chi connectivity index (χ0) is 24.0. The number of nitrogens with zero attached hydrogens (tertiary/aromatic N) is 2. The Morgan fingerprint density at radius 3 is 2.33 bits per heavy atom. The molecule has 1 amide bonds. The van der Waals surface area contributed by atoms with E-state index in [0.717, 1.165) is 12.5 Å². The summed E-state index contributed by atoms with van der Waals surface area (Å²) >= 11 is 0. The second-order valence-electron chi connectivity index (χ2n) is 7.10. The fourth-order valence-electron chi connectivity index (χ4n) is 3.39. The lowest BCUT2D eigenvalue weighted by Gasteiger charge is -2.25. The summed E-state index contributed by atoms with van der Waals surface area (Å²) in [5.74, 6) is -2.98. The summed E-state index contributed by atoms with van der Waals surface area (Å²) in [6.07, 6.45) is -0.278. The van der Waals surface area contributed by atoms with Crippen molar-refractivity contribution in [3.8, 4) is 0 Å². The molecule has 10 heteroatoms. The van der Waals surface area contributed by atoms with Crippen LogP contribution in [0.4, 0.5) is 5.69 Å². The molecule has 0 aliphatic carbocycles. The predicted octanol–water partition coefficient (Wildman–Crippen LogP) is 2.76. The minimum absolute atomic E-state index is 0.0723. The van der Waals surface area contributed by atoms with Gasteiger partial charge in [0.25, 0.3) is 11.6 Å². The molecule has 0 bridgehead atoms. The molecule has 1 heterocycles. The van der Waals surface area contributed by atoms with Crippen molar-refractivity contribution in [3.05, 3.63) is 82.0 Å². The van der Waals surface area contributed by atoms with Crippen LogP contribution in [0.15, 0.2) is 60.7 Å². The number of nitrogens with one attached hydrogen (secondary N) is 1. The summed E-state index contributed by atoms with van der Waals surface area (Å²) in [4.78, 5) is 52.4. The fraction of sp³-hybridized carbons (Fsp3) is 0.217. The molecule has 0 unspecified atom stereocenters. The smallest absolute Gasteiger partial charge is 0.329 e. The molecule has 1 N–H and O–H groups in total. The Hall–Kier alpha value is -4.34. The van der Waals surface area contributed by atoms with Crippen LogP contribution in [0.25, 0.3) is 10.9 Å². The van der Waals surface area contributed by atoms with Gasteiger partial charge in [0.1, 0.15) is 11.7 Å². The van der Waals surface area contributed by atoms with Gasteiger partial charge in [-0.2, -0.15) is 0 Å². The third-order valence-electron chi connectivity index (χ3n) is 5.12. The average molecular weight is 451 g/mol. The van der Waals surface area contributed by atoms with Crippen molar-refractivity contribution >= 4 is 34.4 Å². The molecule has 10 nitrogen and oxygen atoms in total. The van der Waals surface area contributed by atoms with Gasteiger partial charge in [-0.05, 0) is 17.7 Å². The number of nitro groups is 1. The number of carbonyl (C=O) groups is 3. The van der Waals surface area contributed by atoms with Crippen molar-refractivity contribution in [2.24, 2.45) is 0 Å². The number of hydrogen-bond donors (Lipinski definition) is 1. The monoisotopic (exact) mass is 451 g/mol. The molecule has 0 spiro atoms. The first-order valence-electron chi connectivity index (χ1n) is 9.89. The Labute approximate surface area is 188 Å². The summed E-state index contributed by atoms with van der Waals surface area (Å²) in [7, 11) is 2.35. The quantitative estimate of drug-likeness (QED) is 0.313. The Kier molecular flexibility index (Phi) is 7.29. The van der Waals surface area contributed by atoms with E-state index < -0.39 is 34.7 Å². The number of ether oxygens (including phenoxy) is 2. The highest BCUT2D eigenvalue weighted by atomic mass is 16.6. The van der Waals surface area contributed by atoms with Crippen molar-refractivity contribution in [3.63, 3.8) is 0 Å². The van der Waals surface area contributed by atoms with Crippen molar-refractivity contribution in [2.75, 3.05) is 14.2 Å². The first kappa shape index (κ1) is 23.3. The van der Waals surface area contributed by atoms with E-state index >= 15 is 0 Å². The van der Waals surface area contributed by atoms with Crippen LogP contribution in [0.2, 0.25) is 0 Å². The van der Waals surface area contributed by atoms with E-state index in [2.05, 4.69) is 10.3 Å². The number of nitro benzene ring substituents is 1. The van der Waals surface area contributed by atoms with E-state index in [1.807, 2.05) is 12.1 Å². The van der Waals surface area contributed by atoms with Gasteiger partial charge in [-0.25, -0.2) is 9.78 Å². The SMILES string of the molecule is COC(=O)C[C@@H](c1ccc([N+](=O)[O-])cc1)[C@@H](NC(=O)c1ccc2ccccc2n1)C(=O)OC. The number of esters is 2. The number of carbonyl (C=O) groups excluding carboxylic acids is 3. The summed E-state index contributed by atoms with van der Waals surface area (Å²) in [5.41, 5.74) is 0.923. The highest BCUT2D eigenvalue weighted by Crippen LogP contribution is 2.27. The minimum atomic E-state index is -1.28. The highest BCUT2D eigenvalue weighted by molar-refractivity contribution is 5.97. The number of methoxy groups -OCH3 is 2. The van der Waals surface area contributed by atoms with Gasteiger partial charge in [-0.1, -0.05) is 36.4 Å². The predicted molar refractivity (Wildman–Crippen MR) is 117 cm³/mol. The maximum absolute atomic E-state index is 13.0. The fourth-order valence-corrected chi connectivity index (χ4v) is 3.39. The van der Waals surface area contributed by atoms with Crippen molar-refractivity contribution in [1.29, 1.82) is 0 Å². The molecule has 3 aromatic rings. The molecular weight excluding hydrogens is 430 g/mol. The van der Waals surface area contributed by atoms with Crippen LogP contribution in [0.3, 0.4) is 0 Å². The lowest BCUT2D eigenvalue weighted by molar-refractivity contribution is -0.384. The second-order valence-corrected chi connectivity index (χ2v) is 7.10. The molecule has 33 heavy (non-hydrogen) atoms. The van der Waals surface area contributed by atoms with Crippen molar-refractivity contribution in [2.45, 2.75) is 18.4 Å². The molecule has 0 saturated heterocycles. The Bertz CT molecular complexity index is 1190. The Balaban J connectivity index is 1.96. The molecule has 0 aliphatic rings. The summed E-state index contributed by atoms with van der Waals surface area (Å²) in [6.45, 7) is 0. The van der Waals surface area contributed by atoms with Crippen LogP contribution in [0.5, 0.6) is 0 Å². The van der Waals surface area contributed by atoms with Crippen LogP contribution in [-0.4, -0.2) is 48.0 Å². The highest BCUT2D eigenvalue weighted by Gasteiger charge is 2.34. The molecule has 2 aromatic carbocycles. The van der Waals surface area contributed by atoms with Crippen LogP contribution in [0.1, 0.15) is 28.4 Å². The molecule has 170 valence electrons. The number of aromatic nitrogens is 1. The third-order valence-corrected chi connectivity index (χ3v) is 5.12. The van der Waals surface area contributed by atoms with E-state index in [0.29, 0.717) is 11.1 Å². The van der Waals surface area contributed by atoms with Gasteiger partial charge < -0.3 is 14.8 Å². The number of hydrogen-bond acceptors (Lipinski definition) is 8. The van der Waals surface area contributed by atoms with E-state index in [4.69, 9.17) is 9.47 Å². The minimum Gasteiger partial charge on any atom is -0.469 e. The maximum atomic E-state index is 13.0. The van der Waals surface area contributed by atoms with Crippen molar-refractivity contribution < 1.29 is 28.8 Å². The number of pyridine rings is 1. The van der Waals surface area contributed by atoms with Crippen LogP contribution < -0.4 is 5.32 Å². The van der Waals surface area contributed by atoms with Crippen LogP contribution >= 0.6 is 0 Å². The van der Waals surface area contributed by atoms with Gasteiger partial charge in [0, 0.05) is 23.4 Å². The van der Waals surface area contributed by atoms with Gasteiger partial charge in [0.2, 0.25) is 0 Å². The van der Waals surface area contributed by atoms with E-state index in [-0.39, 0.29) is 17.8 Å². The Morgan fingerprint density at radius 1 is 1.00 bits per heavy atom. The number of non-ortho nitro benzene ring substituents is 1. The van der Waals surface area contributed by atoms with Gasteiger partial charge in [-0.3, -0.25) is 19.7 Å². The molecule has 0 saturated carbocycles. The van der Waals surface area contributed by atoms with Crippen LogP contribution in [0, 0.1) is 10.1 Å². The van der Waals surface area contributed by atoms with Gasteiger partial charge in [-0.15, -0.1) is 0 Å². The number of amides is 1. The first-order valence-corrected chi connectivity index (χ1v) is 9.89. The zero-order valence-electron chi connectivity index (χ0n) is 17.9. The molecule has 0 radical (unpaired) electrons. The largest absolute Gasteiger partial charge is 0.469 e. The molecular formula is C23H21N3O7. The second kappa shape index (κ2) is 10.3. The van der Waals surface area contributed by atoms with Gasteiger partial charge in [0.15, 0.2) is 0 Å². The molecule has 1 aromatic heterocycles. The van der Waals surface area contributed by atoms with Crippen LogP contribution in [-0.2, 0) is 19.1 Å². The van der Waals surface area contributed by atoms with Gasteiger partial charge in [0.05, 0.1) is 31.1 Å². The van der Waals surface area contributed by atoms with Gasteiger partial charge >= 0.3 is 11.9 Å². The number of fused-ring (bicyclic) bond motifs is 1. The summed E-state index contributed by atoms with van der Waals surface area (Å²) < 4.78 is 9.61. The lowest BCUT2D eigenvalue weighted by Crippen LogP contribution is -2.46. The molecule has 0 fully saturated rings. The third kappa shape index (κ3) is 5.48. The molecule has 3 rings (SSSR count). The Morgan fingerprint density at radius 2 is 1.70 bits per heavy atom. The van der Waals surface area contributed by atoms with E-state index in [1.165, 1.54) is 37.4 Å². The summed E-state index contributed by atoms with van der Waals surface area (Å²) in [5, 5.41) is 14.4.